The molecule has 0 aliphatic carbocycles. The number of hydrogen-bond acceptors (Lipinski definition) is 4. The topological polar surface area (TPSA) is 86.6 Å². The van der Waals surface area contributed by atoms with Gasteiger partial charge in [-0.05, 0) is 24.1 Å². The van der Waals surface area contributed by atoms with Gasteiger partial charge in [-0.25, -0.2) is 13.1 Å². The average molecular weight is 352 g/mol. The summed E-state index contributed by atoms with van der Waals surface area (Å²) in [5.74, 6) is 0. The molecular weight excluding hydrogens is 334 g/mol. The van der Waals surface area contributed by atoms with Crippen LogP contribution < -0.4 is 4.72 Å². The number of aliphatic hydroxyl groups is 2. The van der Waals surface area contributed by atoms with Crippen molar-refractivity contribution in [3.05, 3.63) is 29.8 Å². The molecule has 0 saturated carbocycles. The predicted molar refractivity (Wildman–Crippen MR) is 76.6 cm³/mol. The van der Waals surface area contributed by atoms with Crippen LogP contribution in [0.4, 0.5) is 0 Å². The third-order valence-corrected chi connectivity index (χ3v) is 5.26. The van der Waals surface area contributed by atoms with Crippen LogP contribution in [-0.4, -0.2) is 37.4 Å². The van der Waals surface area contributed by atoms with E-state index in [0.717, 1.165) is 5.56 Å². The van der Waals surface area contributed by atoms with E-state index < -0.39 is 28.8 Å². The van der Waals surface area contributed by atoms with Crippen molar-refractivity contribution in [3.8, 4) is 0 Å². The van der Waals surface area contributed by atoms with Crippen LogP contribution in [0.1, 0.15) is 18.9 Å². The van der Waals surface area contributed by atoms with Gasteiger partial charge in [0.15, 0.2) is 0 Å². The summed E-state index contributed by atoms with van der Waals surface area (Å²) >= 11 is 3.28. The van der Waals surface area contributed by atoms with E-state index in [0.29, 0.717) is 11.8 Å². The molecule has 1 aromatic carbocycles. The van der Waals surface area contributed by atoms with Gasteiger partial charge in [-0.2, -0.15) is 0 Å². The third-order valence-electron chi connectivity index (χ3n) is 3.02. The zero-order chi connectivity index (χ0) is 14.5. The Balaban J connectivity index is 3.03. The van der Waals surface area contributed by atoms with Gasteiger partial charge in [0.2, 0.25) is 10.0 Å². The van der Waals surface area contributed by atoms with E-state index in [-0.39, 0.29) is 4.90 Å². The fourth-order valence-corrected chi connectivity index (χ4v) is 3.34. The summed E-state index contributed by atoms with van der Waals surface area (Å²) in [7, 11) is -3.76. The normalized spacial score (nSPS) is 12.6. The predicted octanol–water partition coefficient (Wildman–Crippen LogP) is 0.993. The number of halogens is 1. The van der Waals surface area contributed by atoms with Crippen molar-refractivity contribution >= 4 is 26.0 Å². The van der Waals surface area contributed by atoms with E-state index in [9.17, 15) is 18.6 Å². The fraction of sp³-hybridized carbons (Fsp3) is 0.500. The number of sulfonamides is 1. The molecule has 0 unspecified atom stereocenters. The molecule has 5 nitrogen and oxygen atoms in total. The molecule has 0 aliphatic heterocycles. The summed E-state index contributed by atoms with van der Waals surface area (Å²) < 4.78 is 26.7. The Bertz CT molecular complexity index is 489. The van der Waals surface area contributed by atoms with Crippen molar-refractivity contribution in [3.63, 3.8) is 0 Å². The molecule has 0 amide bonds. The highest BCUT2D eigenvalue weighted by atomic mass is 79.9. The average Bonchev–Trinajstić information content (AvgIpc) is 2.45. The minimum Gasteiger partial charge on any atom is -0.394 e. The lowest BCUT2D eigenvalue weighted by Crippen LogP contribution is -2.53. The molecule has 0 bridgehead atoms. The van der Waals surface area contributed by atoms with Crippen LogP contribution >= 0.6 is 15.9 Å². The molecule has 0 atom stereocenters. The third kappa shape index (κ3) is 4.00. The fourth-order valence-electron chi connectivity index (χ4n) is 1.51. The number of benzene rings is 1. The number of aliphatic hydroxyl groups excluding tert-OH is 2. The summed E-state index contributed by atoms with van der Waals surface area (Å²) in [4.78, 5) is 0.108. The molecule has 0 radical (unpaired) electrons. The molecule has 108 valence electrons. The highest BCUT2D eigenvalue weighted by Gasteiger charge is 2.32. The Kier molecular flexibility index (Phi) is 5.94. The summed E-state index contributed by atoms with van der Waals surface area (Å²) in [6.45, 7) is 0.778. The van der Waals surface area contributed by atoms with Gasteiger partial charge >= 0.3 is 0 Å². The van der Waals surface area contributed by atoms with E-state index in [4.69, 9.17) is 0 Å². The Morgan fingerprint density at radius 3 is 2.11 bits per heavy atom. The highest BCUT2D eigenvalue weighted by Crippen LogP contribution is 2.17. The van der Waals surface area contributed by atoms with Gasteiger partial charge in [0.1, 0.15) is 0 Å². The Hall–Kier alpha value is -0.470. The monoisotopic (exact) mass is 351 g/mol. The Morgan fingerprint density at radius 1 is 1.21 bits per heavy atom. The maximum absolute atomic E-state index is 12.2. The molecule has 3 N–H and O–H groups in total. The first-order valence-corrected chi connectivity index (χ1v) is 8.44. The van der Waals surface area contributed by atoms with Gasteiger partial charge in [-0.3, -0.25) is 0 Å². The van der Waals surface area contributed by atoms with E-state index in [1.807, 2.05) is 0 Å². The van der Waals surface area contributed by atoms with Crippen LogP contribution in [0, 0.1) is 0 Å². The van der Waals surface area contributed by atoms with Gasteiger partial charge < -0.3 is 10.2 Å². The van der Waals surface area contributed by atoms with Crippen molar-refractivity contribution in [1.82, 2.24) is 4.72 Å². The number of rotatable bonds is 7. The molecule has 1 rings (SSSR count). The van der Waals surface area contributed by atoms with Gasteiger partial charge in [-0.1, -0.05) is 35.0 Å². The quantitative estimate of drug-likeness (QED) is 0.639. The van der Waals surface area contributed by atoms with Gasteiger partial charge in [-0.15, -0.1) is 0 Å². The molecule has 0 aromatic heterocycles. The number of hydrogen-bond donors (Lipinski definition) is 3. The van der Waals surface area contributed by atoms with Crippen LogP contribution in [0.2, 0.25) is 0 Å². The molecule has 0 saturated heterocycles. The van der Waals surface area contributed by atoms with E-state index in [2.05, 4.69) is 20.7 Å². The van der Waals surface area contributed by atoms with E-state index in [1.165, 1.54) is 12.1 Å². The molecule has 0 spiro atoms. The molecular formula is C12H18BrNO4S. The lowest BCUT2D eigenvalue weighted by Gasteiger charge is -2.29. The van der Waals surface area contributed by atoms with Crippen LogP contribution in [0.15, 0.2) is 29.2 Å². The largest absolute Gasteiger partial charge is 0.394 e. The SMILES string of the molecule is CCC(CO)(CO)NS(=O)(=O)c1ccc(CBr)cc1. The van der Waals surface area contributed by atoms with Gasteiger partial charge in [0.05, 0.1) is 23.6 Å². The maximum atomic E-state index is 12.2. The van der Waals surface area contributed by atoms with Crippen molar-refractivity contribution in [1.29, 1.82) is 0 Å². The van der Waals surface area contributed by atoms with E-state index in [1.54, 1.807) is 19.1 Å². The van der Waals surface area contributed by atoms with Crippen molar-refractivity contribution in [2.24, 2.45) is 0 Å². The molecule has 1 aromatic rings. The summed E-state index contributed by atoms with van der Waals surface area (Å²) in [5, 5.41) is 19.2. The van der Waals surface area contributed by atoms with Crippen molar-refractivity contribution in [2.45, 2.75) is 29.1 Å². The number of nitrogens with one attached hydrogen (secondary N) is 1. The summed E-state index contributed by atoms with van der Waals surface area (Å²) in [6.07, 6.45) is 0.290. The Morgan fingerprint density at radius 2 is 1.74 bits per heavy atom. The second-order valence-corrected chi connectivity index (χ2v) is 6.58. The first-order valence-electron chi connectivity index (χ1n) is 5.83. The molecule has 7 heteroatoms. The lowest BCUT2D eigenvalue weighted by molar-refractivity contribution is 0.105. The number of alkyl halides is 1. The molecule has 19 heavy (non-hydrogen) atoms. The maximum Gasteiger partial charge on any atom is 0.241 e. The smallest absolute Gasteiger partial charge is 0.241 e. The lowest BCUT2D eigenvalue weighted by atomic mass is 10.0. The molecule has 0 fully saturated rings. The zero-order valence-corrected chi connectivity index (χ0v) is 13.0. The second kappa shape index (κ2) is 6.81. The van der Waals surface area contributed by atoms with Crippen LogP contribution in [0.25, 0.3) is 0 Å². The van der Waals surface area contributed by atoms with Crippen molar-refractivity contribution in [2.75, 3.05) is 13.2 Å². The first kappa shape index (κ1) is 16.6. The Labute approximate surface area is 121 Å². The standard InChI is InChI=1S/C12H18BrNO4S/c1-2-12(8-15,9-16)14-19(17,18)11-5-3-10(7-13)4-6-11/h3-6,14-16H,2,7-9H2,1H3. The molecule has 0 heterocycles. The minimum absolute atomic E-state index is 0.108. The first-order chi connectivity index (χ1) is 8.93. The van der Waals surface area contributed by atoms with Crippen LogP contribution in [-0.2, 0) is 15.4 Å². The van der Waals surface area contributed by atoms with Crippen LogP contribution in [0.3, 0.4) is 0 Å². The zero-order valence-electron chi connectivity index (χ0n) is 10.6. The van der Waals surface area contributed by atoms with Gasteiger partial charge in [0, 0.05) is 5.33 Å². The molecule has 0 aliphatic rings. The highest BCUT2D eigenvalue weighted by molar-refractivity contribution is 9.08. The van der Waals surface area contributed by atoms with Crippen LogP contribution in [0.5, 0.6) is 0 Å². The second-order valence-electron chi connectivity index (χ2n) is 4.33. The van der Waals surface area contributed by atoms with Crippen molar-refractivity contribution < 1.29 is 18.6 Å². The summed E-state index contributed by atoms with van der Waals surface area (Å²) in [6, 6.07) is 6.39. The summed E-state index contributed by atoms with van der Waals surface area (Å²) in [5.41, 5.74) is -0.266. The minimum atomic E-state index is -3.76. The van der Waals surface area contributed by atoms with E-state index >= 15 is 0 Å². The van der Waals surface area contributed by atoms with Gasteiger partial charge in [0.25, 0.3) is 0 Å².